The van der Waals surface area contributed by atoms with Crippen LogP contribution in [-0.2, 0) is 6.61 Å². The predicted molar refractivity (Wildman–Crippen MR) is 172 cm³/mol. The van der Waals surface area contributed by atoms with Gasteiger partial charge in [-0.15, -0.1) is 0 Å². The molecule has 0 bridgehead atoms. The molecule has 0 saturated carbocycles. The summed E-state index contributed by atoms with van der Waals surface area (Å²) in [5, 5.41) is 6.03. The minimum atomic E-state index is -0.364. The first-order chi connectivity index (χ1) is 20.9. The maximum atomic E-state index is 13.7. The molecule has 0 saturated heterocycles. The van der Waals surface area contributed by atoms with Crippen LogP contribution in [0.3, 0.4) is 0 Å². The van der Waals surface area contributed by atoms with Gasteiger partial charge in [-0.25, -0.2) is 4.98 Å². The number of fused-ring (bicyclic) bond motifs is 2. The monoisotopic (exact) mass is 657 g/mol. The van der Waals surface area contributed by atoms with Crippen molar-refractivity contribution < 1.29 is 18.6 Å². The highest BCUT2D eigenvalue weighted by molar-refractivity contribution is 9.10. The molecule has 2 aromatic heterocycles. The van der Waals surface area contributed by atoms with Crippen molar-refractivity contribution in [3.8, 4) is 28.8 Å². The number of aromatic nitrogens is 2. The predicted octanol–water partition coefficient (Wildman–Crippen LogP) is 8.01. The van der Waals surface area contributed by atoms with E-state index in [2.05, 4.69) is 21.0 Å². The number of furan rings is 1. The normalized spacial score (nSPS) is 11.5. The average molecular weight is 659 g/mol. The van der Waals surface area contributed by atoms with Crippen LogP contribution >= 0.6 is 27.5 Å². The average Bonchev–Trinajstić information content (AvgIpc) is 3.46. The van der Waals surface area contributed by atoms with Crippen LogP contribution in [0.25, 0.3) is 33.5 Å². The fourth-order valence-corrected chi connectivity index (χ4v) is 5.43. The quantitative estimate of drug-likeness (QED) is 0.154. The summed E-state index contributed by atoms with van der Waals surface area (Å²) in [5.41, 5.74) is 3.43. The van der Waals surface area contributed by atoms with Gasteiger partial charge in [0.05, 0.1) is 36.7 Å². The number of halogens is 2. The highest BCUT2D eigenvalue weighted by atomic mass is 79.9. The number of methoxy groups -OCH3 is 2. The van der Waals surface area contributed by atoms with Gasteiger partial charge in [-0.3, -0.25) is 4.79 Å². The lowest BCUT2D eigenvalue weighted by atomic mass is 10.1. The summed E-state index contributed by atoms with van der Waals surface area (Å²) < 4.78 is 25.0. The van der Waals surface area contributed by atoms with Crippen LogP contribution < -0.4 is 19.8 Å². The van der Waals surface area contributed by atoms with Gasteiger partial charge in [0.2, 0.25) is 5.82 Å². The van der Waals surface area contributed by atoms with E-state index in [0.717, 1.165) is 16.5 Å². The molecule has 10 heteroatoms. The molecule has 4 aromatic carbocycles. The van der Waals surface area contributed by atoms with Crippen molar-refractivity contribution in [1.29, 1.82) is 0 Å². The lowest BCUT2D eigenvalue weighted by molar-refractivity contribution is 0.284. The Morgan fingerprint density at radius 3 is 2.56 bits per heavy atom. The summed E-state index contributed by atoms with van der Waals surface area (Å²) in [6, 6.07) is 24.1. The van der Waals surface area contributed by atoms with E-state index >= 15 is 0 Å². The molecular formula is C33H25BrClN3O5. The van der Waals surface area contributed by atoms with Crippen LogP contribution in [0.5, 0.6) is 17.2 Å². The van der Waals surface area contributed by atoms with E-state index in [-0.39, 0.29) is 11.4 Å². The zero-order valence-corrected chi connectivity index (χ0v) is 25.8. The molecule has 0 aliphatic carbocycles. The molecule has 0 N–H and O–H groups in total. The third-order valence-electron chi connectivity index (χ3n) is 6.87. The Hall–Kier alpha value is -4.60. The zero-order valence-electron chi connectivity index (χ0n) is 23.4. The third kappa shape index (κ3) is 5.49. The molecule has 0 amide bonds. The highest BCUT2D eigenvalue weighted by Crippen LogP contribution is 2.42. The van der Waals surface area contributed by atoms with Gasteiger partial charge in [0, 0.05) is 10.0 Å². The van der Waals surface area contributed by atoms with E-state index in [9.17, 15) is 4.79 Å². The van der Waals surface area contributed by atoms with Crippen molar-refractivity contribution in [2.75, 3.05) is 14.2 Å². The Labute approximate surface area is 260 Å². The number of para-hydroxylation sites is 1. The first-order valence-corrected chi connectivity index (χ1v) is 14.4. The van der Waals surface area contributed by atoms with Gasteiger partial charge >= 0.3 is 0 Å². The van der Waals surface area contributed by atoms with Gasteiger partial charge in [-0.1, -0.05) is 59.6 Å². The number of rotatable bonds is 8. The van der Waals surface area contributed by atoms with Gasteiger partial charge in [0.25, 0.3) is 5.56 Å². The van der Waals surface area contributed by atoms with E-state index in [1.807, 2.05) is 55.5 Å². The minimum absolute atomic E-state index is 0.227. The van der Waals surface area contributed by atoms with Gasteiger partial charge in [-0.2, -0.15) is 9.78 Å². The van der Waals surface area contributed by atoms with Crippen molar-refractivity contribution >= 4 is 55.6 Å². The maximum absolute atomic E-state index is 13.7. The van der Waals surface area contributed by atoms with E-state index in [1.165, 1.54) is 18.0 Å². The van der Waals surface area contributed by atoms with Gasteiger partial charge in [-0.05, 0) is 64.8 Å². The van der Waals surface area contributed by atoms with Gasteiger partial charge in [0.15, 0.2) is 17.3 Å². The van der Waals surface area contributed by atoms with Crippen LogP contribution in [0.2, 0.25) is 5.02 Å². The molecule has 0 aliphatic rings. The Bertz CT molecular complexity index is 2090. The number of aryl methyl sites for hydroxylation is 1. The van der Waals surface area contributed by atoms with E-state index in [4.69, 9.17) is 35.2 Å². The van der Waals surface area contributed by atoms with Crippen LogP contribution in [0.1, 0.15) is 16.7 Å². The molecule has 8 nitrogen and oxygen atoms in total. The van der Waals surface area contributed by atoms with E-state index in [1.54, 1.807) is 37.4 Å². The molecule has 0 aliphatic heterocycles. The Morgan fingerprint density at radius 2 is 1.77 bits per heavy atom. The number of hydrogen-bond donors (Lipinski definition) is 0. The fraction of sp³-hybridized carbons (Fsp3) is 0.121. The lowest BCUT2D eigenvalue weighted by Gasteiger charge is -2.15. The number of nitrogens with zero attached hydrogens (tertiary/aromatic N) is 3. The van der Waals surface area contributed by atoms with Crippen molar-refractivity contribution in [3.63, 3.8) is 0 Å². The lowest BCUT2D eigenvalue weighted by Crippen LogP contribution is -2.20. The first-order valence-electron chi connectivity index (χ1n) is 13.3. The van der Waals surface area contributed by atoms with E-state index < -0.39 is 0 Å². The second-order valence-corrected chi connectivity index (χ2v) is 10.9. The summed E-state index contributed by atoms with van der Waals surface area (Å²) in [6.45, 7) is 2.33. The summed E-state index contributed by atoms with van der Waals surface area (Å²) in [4.78, 5) is 18.5. The van der Waals surface area contributed by atoms with Gasteiger partial charge < -0.3 is 18.6 Å². The highest BCUT2D eigenvalue weighted by Gasteiger charge is 2.20. The van der Waals surface area contributed by atoms with Crippen LogP contribution in [0.4, 0.5) is 0 Å². The number of ether oxygens (including phenoxy) is 3. The maximum Gasteiger partial charge on any atom is 0.282 e. The SMILES string of the molecule is COc1cc(C=Nn2c(-c3cc4c(OC)cccc4o3)nc3ccccc3c2=O)c(Br)c(Cl)c1OCc1cccc(C)c1. The summed E-state index contributed by atoms with van der Waals surface area (Å²) in [5.74, 6) is 2.02. The van der Waals surface area contributed by atoms with Crippen LogP contribution in [0, 0.1) is 6.92 Å². The number of benzene rings is 4. The molecular weight excluding hydrogens is 634 g/mol. The van der Waals surface area contributed by atoms with Crippen molar-refractivity contribution in [2.45, 2.75) is 13.5 Å². The molecule has 6 rings (SSSR count). The van der Waals surface area contributed by atoms with Gasteiger partial charge in [0.1, 0.15) is 23.0 Å². The number of hydrogen-bond acceptors (Lipinski definition) is 7. The van der Waals surface area contributed by atoms with Crippen LogP contribution in [0.15, 0.2) is 97.6 Å². The zero-order chi connectivity index (χ0) is 30.1. The topological polar surface area (TPSA) is 88.1 Å². The molecule has 0 radical (unpaired) electrons. The first kappa shape index (κ1) is 28.5. The summed E-state index contributed by atoms with van der Waals surface area (Å²) in [6.07, 6.45) is 1.51. The summed E-state index contributed by atoms with van der Waals surface area (Å²) >= 11 is 10.3. The molecule has 0 spiro atoms. The largest absolute Gasteiger partial charge is 0.496 e. The smallest absolute Gasteiger partial charge is 0.282 e. The Morgan fingerprint density at radius 1 is 0.977 bits per heavy atom. The van der Waals surface area contributed by atoms with E-state index in [0.29, 0.717) is 61.2 Å². The molecule has 43 heavy (non-hydrogen) atoms. The standard InChI is InChI=1S/C33H25BrClN3O5/c1-19-8-6-9-20(14-19)18-42-31-27(41-3)15-21(29(34)30(31)35)17-36-38-32(37-24-11-5-4-10-22(24)33(38)39)28-16-23-25(40-2)12-7-13-26(23)43-28/h4-17H,18H2,1-3H3. The van der Waals surface area contributed by atoms with Crippen molar-refractivity contribution in [3.05, 3.63) is 115 Å². The molecule has 0 unspecified atom stereocenters. The third-order valence-corrected chi connectivity index (χ3v) is 8.31. The van der Waals surface area contributed by atoms with Crippen LogP contribution in [-0.4, -0.2) is 30.1 Å². The second-order valence-electron chi connectivity index (χ2n) is 9.70. The van der Waals surface area contributed by atoms with Crippen molar-refractivity contribution in [2.24, 2.45) is 5.10 Å². The molecule has 2 heterocycles. The Balaban J connectivity index is 1.44. The second kappa shape index (κ2) is 11.9. The molecule has 0 atom stereocenters. The molecule has 6 aromatic rings. The molecule has 216 valence electrons. The molecule has 0 fully saturated rings. The Kier molecular flexibility index (Phi) is 7.92. The summed E-state index contributed by atoms with van der Waals surface area (Å²) in [7, 11) is 3.12. The minimum Gasteiger partial charge on any atom is -0.496 e. The van der Waals surface area contributed by atoms with Crippen molar-refractivity contribution in [1.82, 2.24) is 9.66 Å². The fourth-order valence-electron chi connectivity index (χ4n) is 4.77.